The minimum absolute atomic E-state index is 0.208. The van der Waals surface area contributed by atoms with E-state index in [1.807, 2.05) is 50.2 Å². The molecule has 3 aromatic rings. The summed E-state index contributed by atoms with van der Waals surface area (Å²) in [5.41, 5.74) is 4.52. The van der Waals surface area contributed by atoms with Crippen molar-refractivity contribution in [3.05, 3.63) is 77.0 Å². The number of methoxy groups -OCH3 is 2. The van der Waals surface area contributed by atoms with Crippen LogP contribution in [0.1, 0.15) is 46.3 Å². The van der Waals surface area contributed by atoms with Gasteiger partial charge in [-0.25, -0.2) is 9.78 Å². The van der Waals surface area contributed by atoms with Crippen LogP contribution in [0.2, 0.25) is 0 Å². The van der Waals surface area contributed by atoms with Crippen LogP contribution in [-0.4, -0.2) is 55.2 Å². The Kier molecular flexibility index (Phi) is 8.84. The van der Waals surface area contributed by atoms with Gasteiger partial charge in [0.1, 0.15) is 11.9 Å². The minimum atomic E-state index is -0.629. The largest absolute Gasteiger partial charge is 0.493 e. The van der Waals surface area contributed by atoms with Gasteiger partial charge < -0.3 is 24.4 Å². The third-order valence-corrected chi connectivity index (χ3v) is 7.01. The normalized spacial score (nSPS) is 15.1. The molecule has 1 aliphatic rings. The van der Waals surface area contributed by atoms with Crippen LogP contribution in [0.25, 0.3) is 0 Å². The van der Waals surface area contributed by atoms with Crippen molar-refractivity contribution in [2.75, 3.05) is 32.7 Å². The van der Waals surface area contributed by atoms with Gasteiger partial charge in [0.05, 0.1) is 26.4 Å². The molecule has 8 nitrogen and oxygen atoms in total. The fourth-order valence-electron chi connectivity index (χ4n) is 4.67. The molecule has 0 aliphatic carbocycles. The van der Waals surface area contributed by atoms with Gasteiger partial charge in [-0.3, -0.25) is 4.79 Å². The lowest BCUT2D eigenvalue weighted by atomic mass is 10.0. The molecule has 1 unspecified atom stereocenters. The molecule has 1 N–H and O–H groups in total. The first-order valence-electron chi connectivity index (χ1n) is 12.9. The number of benzene rings is 2. The SMILES string of the molecule is COc1ccc(CCOC(=O)C2CCCCN2C(=O)c2cccnc2Nc2cccc(C)c2C)cc1OC. The van der Waals surface area contributed by atoms with E-state index in [1.54, 1.807) is 37.4 Å². The highest BCUT2D eigenvalue weighted by Gasteiger charge is 2.34. The number of likely N-dealkylation sites (tertiary alicyclic amines) is 1. The number of anilines is 2. The van der Waals surface area contributed by atoms with Crippen LogP contribution in [0.4, 0.5) is 11.5 Å². The zero-order valence-corrected chi connectivity index (χ0v) is 22.5. The third kappa shape index (κ3) is 6.07. The number of hydrogen-bond acceptors (Lipinski definition) is 7. The van der Waals surface area contributed by atoms with Crippen LogP contribution in [0.5, 0.6) is 11.5 Å². The number of hydrogen-bond donors (Lipinski definition) is 1. The zero-order chi connectivity index (χ0) is 27.1. The molecule has 1 amide bonds. The van der Waals surface area contributed by atoms with Crippen molar-refractivity contribution in [3.8, 4) is 11.5 Å². The molecule has 4 rings (SSSR count). The first kappa shape index (κ1) is 27.0. The highest BCUT2D eigenvalue weighted by molar-refractivity contribution is 6.01. The Morgan fingerprint density at radius 1 is 1.03 bits per heavy atom. The summed E-state index contributed by atoms with van der Waals surface area (Å²) in [6.45, 7) is 4.77. The van der Waals surface area contributed by atoms with Crippen LogP contribution in [0, 0.1) is 13.8 Å². The molecule has 200 valence electrons. The van der Waals surface area contributed by atoms with Gasteiger partial charge in [0.2, 0.25) is 0 Å². The molecular weight excluding hydrogens is 482 g/mol. The maximum Gasteiger partial charge on any atom is 0.328 e. The second-order valence-corrected chi connectivity index (χ2v) is 9.39. The molecular formula is C30H35N3O5. The summed E-state index contributed by atoms with van der Waals surface area (Å²) in [6.07, 6.45) is 4.45. The highest BCUT2D eigenvalue weighted by Crippen LogP contribution is 2.29. The van der Waals surface area contributed by atoms with Gasteiger partial charge in [-0.15, -0.1) is 0 Å². The van der Waals surface area contributed by atoms with Crippen molar-refractivity contribution < 1.29 is 23.8 Å². The van der Waals surface area contributed by atoms with Crippen molar-refractivity contribution in [2.45, 2.75) is 45.6 Å². The molecule has 1 atom stereocenters. The molecule has 0 spiro atoms. The first-order valence-corrected chi connectivity index (χ1v) is 12.9. The number of nitrogens with zero attached hydrogens (tertiary/aromatic N) is 2. The van der Waals surface area contributed by atoms with E-state index in [9.17, 15) is 9.59 Å². The Hall–Kier alpha value is -4.07. The maximum absolute atomic E-state index is 13.7. The maximum atomic E-state index is 13.7. The minimum Gasteiger partial charge on any atom is -0.493 e. The molecule has 0 radical (unpaired) electrons. The average Bonchev–Trinajstić information content (AvgIpc) is 2.95. The lowest BCUT2D eigenvalue weighted by Gasteiger charge is -2.34. The predicted octanol–water partition coefficient (Wildman–Crippen LogP) is 5.24. The molecule has 8 heteroatoms. The van der Waals surface area contributed by atoms with Crippen LogP contribution in [0.15, 0.2) is 54.7 Å². The van der Waals surface area contributed by atoms with Crippen molar-refractivity contribution in [1.82, 2.24) is 9.88 Å². The summed E-state index contributed by atoms with van der Waals surface area (Å²) in [6, 6.07) is 14.4. The number of carbonyl (C=O) groups excluding carboxylic acids is 2. The van der Waals surface area contributed by atoms with Gasteiger partial charge in [-0.05, 0) is 80.1 Å². The van der Waals surface area contributed by atoms with Crippen molar-refractivity contribution in [2.24, 2.45) is 0 Å². The number of rotatable bonds is 9. The van der Waals surface area contributed by atoms with Crippen molar-refractivity contribution in [3.63, 3.8) is 0 Å². The smallest absolute Gasteiger partial charge is 0.328 e. The number of pyridine rings is 1. The van der Waals surface area contributed by atoms with E-state index < -0.39 is 6.04 Å². The summed E-state index contributed by atoms with van der Waals surface area (Å²) >= 11 is 0. The Labute approximate surface area is 223 Å². The number of nitrogens with one attached hydrogen (secondary N) is 1. The topological polar surface area (TPSA) is 90.0 Å². The number of esters is 1. The molecule has 1 aromatic heterocycles. The third-order valence-electron chi connectivity index (χ3n) is 7.01. The van der Waals surface area contributed by atoms with Gasteiger partial charge in [0.25, 0.3) is 5.91 Å². The summed E-state index contributed by atoms with van der Waals surface area (Å²) in [7, 11) is 3.17. The first-order chi connectivity index (χ1) is 18.4. The van der Waals surface area contributed by atoms with Gasteiger partial charge in [0, 0.05) is 24.8 Å². The van der Waals surface area contributed by atoms with E-state index in [2.05, 4.69) is 10.3 Å². The van der Waals surface area contributed by atoms with Crippen LogP contribution in [-0.2, 0) is 16.0 Å². The molecule has 1 aliphatic heterocycles. The van der Waals surface area contributed by atoms with Crippen molar-refractivity contribution >= 4 is 23.4 Å². The summed E-state index contributed by atoms with van der Waals surface area (Å²) < 4.78 is 16.3. The fraction of sp³-hybridized carbons (Fsp3) is 0.367. The molecule has 1 fully saturated rings. The van der Waals surface area contributed by atoms with E-state index in [1.165, 1.54) is 0 Å². The molecule has 2 heterocycles. The highest BCUT2D eigenvalue weighted by atomic mass is 16.5. The van der Waals surface area contributed by atoms with Gasteiger partial charge in [-0.2, -0.15) is 0 Å². The summed E-state index contributed by atoms with van der Waals surface area (Å²) in [5, 5.41) is 3.32. The Morgan fingerprint density at radius 3 is 2.63 bits per heavy atom. The van der Waals surface area contributed by atoms with E-state index in [4.69, 9.17) is 14.2 Å². The lowest BCUT2D eigenvalue weighted by Crippen LogP contribution is -2.49. The second kappa shape index (κ2) is 12.4. The molecule has 1 saturated heterocycles. The number of ether oxygens (including phenoxy) is 3. The van der Waals surface area contributed by atoms with Gasteiger partial charge in [0.15, 0.2) is 11.5 Å². The van der Waals surface area contributed by atoms with Gasteiger partial charge in [-0.1, -0.05) is 18.2 Å². The predicted molar refractivity (Wildman–Crippen MR) is 146 cm³/mol. The van der Waals surface area contributed by atoms with E-state index in [-0.39, 0.29) is 18.5 Å². The standard InChI is InChI=1S/C30H35N3O5/c1-20-9-7-11-24(21(20)2)32-28-23(10-8-16-31-28)29(34)33-17-6-5-12-25(33)30(35)38-18-15-22-13-14-26(36-3)27(19-22)37-4/h7-11,13-14,16,19,25H,5-6,12,15,17-18H2,1-4H3,(H,31,32). The molecule has 38 heavy (non-hydrogen) atoms. The van der Waals surface area contributed by atoms with Crippen LogP contribution < -0.4 is 14.8 Å². The van der Waals surface area contributed by atoms with E-state index >= 15 is 0 Å². The van der Waals surface area contributed by atoms with Gasteiger partial charge >= 0.3 is 5.97 Å². The average molecular weight is 518 g/mol. The lowest BCUT2D eigenvalue weighted by molar-refractivity contribution is -0.150. The number of amides is 1. The second-order valence-electron chi connectivity index (χ2n) is 9.39. The Bertz CT molecular complexity index is 1290. The summed E-state index contributed by atoms with van der Waals surface area (Å²) in [5.74, 6) is 1.13. The van der Waals surface area contributed by atoms with Crippen LogP contribution in [0.3, 0.4) is 0 Å². The molecule has 0 saturated carbocycles. The molecule has 2 aromatic carbocycles. The Balaban J connectivity index is 1.45. The number of carbonyl (C=O) groups is 2. The number of aromatic nitrogens is 1. The van der Waals surface area contributed by atoms with Crippen molar-refractivity contribution in [1.29, 1.82) is 0 Å². The van der Waals surface area contributed by atoms with E-state index in [0.717, 1.165) is 35.2 Å². The monoisotopic (exact) mass is 517 g/mol. The van der Waals surface area contributed by atoms with E-state index in [0.29, 0.717) is 42.3 Å². The quantitative estimate of drug-likeness (QED) is 0.388. The summed E-state index contributed by atoms with van der Waals surface area (Å²) in [4.78, 5) is 32.9. The van der Waals surface area contributed by atoms with Crippen LogP contribution >= 0.6 is 0 Å². The molecule has 0 bridgehead atoms. The fourth-order valence-corrected chi connectivity index (χ4v) is 4.67. The number of piperidine rings is 1. The Morgan fingerprint density at radius 2 is 1.84 bits per heavy atom. The number of aryl methyl sites for hydroxylation is 1. The zero-order valence-electron chi connectivity index (χ0n) is 22.5.